The summed E-state index contributed by atoms with van der Waals surface area (Å²) in [6.07, 6.45) is 0.989. The van der Waals surface area contributed by atoms with Crippen LogP contribution in [0.2, 0.25) is 0 Å². The third kappa shape index (κ3) is 8.35. The van der Waals surface area contributed by atoms with E-state index in [0.29, 0.717) is 24.7 Å². The fraction of sp³-hybridized carbons (Fsp3) is 0.312. The molecule has 4 aromatic rings. The van der Waals surface area contributed by atoms with Crippen LogP contribution in [-0.2, 0) is 13.1 Å². The van der Waals surface area contributed by atoms with Crippen LogP contribution in [0.4, 0.5) is 0 Å². The zero-order valence-corrected chi connectivity index (χ0v) is 23.5. The van der Waals surface area contributed by atoms with Crippen LogP contribution in [0, 0.1) is 6.92 Å². The molecule has 1 heterocycles. The van der Waals surface area contributed by atoms with Crippen molar-refractivity contribution in [2.75, 3.05) is 33.7 Å². The quantitative estimate of drug-likeness (QED) is 0.233. The van der Waals surface area contributed by atoms with E-state index in [1.165, 1.54) is 22.3 Å². The number of nitrogens with one attached hydrogen (secondary N) is 1. The number of hydrogen-bond donors (Lipinski definition) is 1. The summed E-state index contributed by atoms with van der Waals surface area (Å²) in [5, 5.41) is 5.81. The predicted octanol–water partition coefficient (Wildman–Crippen LogP) is 5.97. The topological polar surface area (TPSA) is 48.5 Å². The molecule has 0 spiro atoms. The van der Waals surface area contributed by atoms with Crippen LogP contribution in [0.15, 0.2) is 90.3 Å². The fourth-order valence-electron chi connectivity index (χ4n) is 4.54. The highest BCUT2D eigenvalue weighted by Crippen LogP contribution is 2.29. The van der Waals surface area contributed by atoms with Gasteiger partial charge in [-0.05, 0) is 50.7 Å². The number of hydrogen-bond acceptors (Lipinski definition) is 5. The van der Waals surface area contributed by atoms with Gasteiger partial charge in [-0.25, -0.2) is 4.98 Å². The van der Waals surface area contributed by atoms with Crippen LogP contribution >= 0.6 is 11.3 Å². The number of rotatable bonds is 13. The first-order chi connectivity index (χ1) is 18.5. The minimum Gasteiger partial charge on any atom is -0.349 e. The molecule has 1 amide bonds. The van der Waals surface area contributed by atoms with Gasteiger partial charge < -0.3 is 10.2 Å². The van der Waals surface area contributed by atoms with E-state index >= 15 is 0 Å². The molecule has 0 radical (unpaired) electrons. The summed E-state index contributed by atoms with van der Waals surface area (Å²) in [6.45, 7) is 5.98. The second-order valence-electron chi connectivity index (χ2n) is 10.0. The number of carbonyl (C=O) groups excluding carboxylic acids is 1. The van der Waals surface area contributed by atoms with Crippen molar-refractivity contribution in [1.82, 2.24) is 20.1 Å². The number of aromatic nitrogens is 1. The van der Waals surface area contributed by atoms with E-state index in [-0.39, 0.29) is 5.91 Å². The van der Waals surface area contributed by atoms with Crippen LogP contribution in [0.25, 0.3) is 0 Å². The average Bonchev–Trinajstić information content (AvgIpc) is 3.39. The summed E-state index contributed by atoms with van der Waals surface area (Å²) >= 11 is 1.56. The molecule has 0 atom stereocenters. The lowest BCUT2D eigenvalue weighted by molar-refractivity contribution is 0.0946. The normalized spacial score (nSPS) is 11.4. The molecule has 6 heteroatoms. The van der Waals surface area contributed by atoms with E-state index in [4.69, 9.17) is 4.98 Å². The van der Waals surface area contributed by atoms with E-state index in [9.17, 15) is 4.79 Å². The van der Waals surface area contributed by atoms with Gasteiger partial charge in [0.25, 0.3) is 5.91 Å². The molecule has 198 valence electrons. The Kier molecular flexibility index (Phi) is 10.2. The van der Waals surface area contributed by atoms with Crippen molar-refractivity contribution in [2.45, 2.75) is 32.4 Å². The van der Waals surface area contributed by atoms with Crippen LogP contribution in [-0.4, -0.2) is 54.4 Å². The van der Waals surface area contributed by atoms with Crippen LogP contribution in [0.5, 0.6) is 0 Å². The maximum Gasteiger partial charge on any atom is 0.270 e. The van der Waals surface area contributed by atoms with Gasteiger partial charge in [-0.15, -0.1) is 11.3 Å². The Labute approximate surface area is 231 Å². The van der Waals surface area contributed by atoms with Crippen molar-refractivity contribution in [1.29, 1.82) is 0 Å². The molecule has 0 fully saturated rings. The molecule has 0 unspecified atom stereocenters. The Hall–Kier alpha value is -3.32. The zero-order chi connectivity index (χ0) is 26.7. The molecule has 1 aromatic heterocycles. The molecular formula is C32H38N4OS. The standard InChI is InChI=1S/C32H38N4OS/c1-25-14-16-26(17-15-25)22-36(23-31-34-30(24-38-31)32(37)33-19-21-35(2)3)20-18-29(27-10-6-4-7-11-27)28-12-8-5-9-13-28/h4-17,24,29H,18-23H2,1-3H3,(H,33,37). The fourth-order valence-corrected chi connectivity index (χ4v) is 5.35. The van der Waals surface area contributed by atoms with E-state index in [0.717, 1.165) is 31.1 Å². The van der Waals surface area contributed by atoms with Crippen molar-refractivity contribution in [2.24, 2.45) is 0 Å². The first kappa shape index (κ1) is 27.7. The van der Waals surface area contributed by atoms with Crippen molar-refractivity contribution in [3.63, 3.8) is 0 Å². The molecule has 0 saturated carbocycles. The highest BCUT2D eigenvalue weighted by atomic mass is 32.1. The molecule has 0 aliphatic carbocycles. The van der Waals surface area contributed by atoms with Crippen molar-refractivity contribution in [3.05, 3.63) is 123 Å². The third-order valence-corrected chi connectivity index (χ3v) is 7.49. The Morgan fingerprint density at radius 2 is 1.50 bits per heavy atom. The number of thiazole rings is 1. The minimum atomic E-state index is -0.104. The van der Waals surface area contributed by atoms with Gasteiger partial charge in [0.15, 0.2) is 0 Å². The Balaban J connectivity index is 1.49. The Bertz CT molecular complexity index is 1220. The van der Waals surface area contributed by atoms with E-state index in [2.05, 4.69) is 102 Å². The molecule has 4 rings (SSSR count). The molecule has 3 aromatic carbocycles. The maximum atomic E-state index is 12.6. The van der Waals surface area contributed by atoms with E-state index in [1.54, 1.807) is 11.3 Å². The summed E-state index contributed by atoms with van der Waals surface area (Å²) in [5.41, 5.74) is 5.72. The average molecular weight is 527 g/mol. The van der Waals surface area contributed by atoms with Crippen molar-refractivity contribution in [3.8, 4) is 0 Å². The number of likely N-dealkylation sites (N-methyl/N-ethyl adjacent to an activating group) is 1. The number of amides is 1. The molecule has 1 N–H and O–H groups in total. The first-order valence-corrected chi connectivity index (χ1v) is 14.1. The highest BCUT2D eigenvalue weighted by Gasteiger charge is 2.18. The smallest absolute Gasteiger partial charge is 0.270 e. The molecule has 5 nitrogen and oxygen atoms in total. The van der Waals surface area contributed by atoms with Gasteiger partial charge >= 0.3 is 0 Å². The maximum absolute atomic E-state index is 12.6. The largest absolute Gasteiger partial charge is 0.349 e. The number of carbonyl (C=O) groups is 1. The van der Waals surface area contributed by atoms with Gasteiger partial charge in [-0.1, -0.05) is 90.5 Å². The molecule has 0 saturated heterocycles. The number of aryl methyl sites for hydroxylation is 1. The summed E-state index contributed by atoms with van der Waals surface area (Å²) in [4.78, 5) is 21.8. The number of nitrogens with zero attached hydrogens (tertiary/aromatic N) is 3. The second-order valence-corrected chi connectivity index (χ2v) is 11.0. The Morgan fingerprint density at radius 3 is 2.11 bits per heavy atom. The van der Waals surface area contributed by atoms with E-state index in [1.807, 2.05) is 24.4 Å². The summed E-state index contributed by atoms with van der Waals surface area (Å²) < 4.78 is 0. The SMILES string of the molecule is Cc1ccc(CN(CCC(c2ccccc2)c2ccccc2)Cc2nc(C(=O)NCCN(C)C)cs2)cc1. The van der Waals surface area contributed by atoms with Crippen LogP contribution in [0.3, 0.4) is 0 Å². The van der Waals surface area contributed by atoms with Crippen molar-refractivity contribution >= 4 is 17.2 Å². The molecular weight excluding hydrogens is 488 g/mol. The van der Waals surface area contributed by atoms with Gasteiger partial charge in [0.05, 0.1) is 6.54 Å². The van der Waals surface area contributed by atoms with E-state index < -0.39 is 0 Å². The van der Waals surface area contributed by atoms with Crippen molar-refractivity contribution < 1.29 is 4.79 Å². The monoisotopic (exact) mass is 526 g/mol. The summed E-state index contributed by atoms with van der Waals surface area (Å²) in [6, 6.07) is 30.3. The van der Waals surface area contributed by atoms with Crippen LogP contribution in [0.1, 0.15) is 50.1 Å². The second kappa shape index (κ2) is 14.0. The van der Waals surface area contributed by atoms with Gasteiger partial charge in [0, 0.05) is 30.9 Å². The third-order valence-electron chi connectivity index (χ3n) is 6.65. The molecule has 0 aliphatic heterocycles. The minimum absolute atomic E-state index is 0.104. The molecule has 0 aliphatic rings. The lowest BCUT2D eigenvalue weighted by atomic mass is 9.88. The predicted molar refractivity (Wildman–Crippen MR) is 158 cm³/mol. The summed E-state index contributed by atoms with van der Waals surface area (Å²) in [7, 11) is 3.99. The van der Waals surface area contributed by atoms with Gasteiger partial charge in [-0.3, -0.25) is 9.69 Å². The Morgan fingerprint density at radius 1 is 0.868 bits per heavy atom. The van der Waals surface area contributed by atoms with Gasteiger partial charge in [0.1, 0.15) is 10.7 Å². The molecule has 0 bridgehead atoms. The van der Waals surface area contributed by atoms with Gasteiger partial charge in [-0.2, -0.15) is 0 Å². The lowest BCUT2D eigenvalue weighted by Gasteiger charge is -2.25. The highest BCUT2D eigenvalue weighted by molar-refractivity contribution is 7.09. The summed E-state index contributed by atoms with van der Waals surface area (Å²) in [5.74, 6) is 0.208. The number of benzene rings is 3. The first-order valence-electron chi connectivity index (χ1n) is 13.2. The zero-order valence-electron chi connectivity index (χ0n) is 22.6. The lowest BCUT2D eigenvalue weighted by Crippen LogP contribution is -2.31. The van der Waals surface area contributed by atoms with Gasteiger partial charge in [0.2, 0.25) is 0 Å². The molecule has 38 heavy (non-hydrogen) atoms. The van der Waals surface area contributed by atoms with Crippen LogP contribution < -0.4 is 5.32 Å².